The molecule has 32 valence electrons. The third kappa shape index (κ3) is 5.81. The maximum Gasteiger partial charge on any atom is 0.0462 e. The molecular weight excluding hydrogens is 310 g/mol. The fourth-order valence-corrected chi connectivity index (χ4v) is 3.94. The Kier molecular flexibility index (Phi) is 7.91. The lowest BCUT2D eigenvalue weighted by molar-refractivity contribution is 2.29. The van der Waals surface area contributed by atoms with Gasteiger partial charge in [0.15, 0.2) is 0 Å². The Hall–Kier alpha value is 1.81. The van der Waals surface area contributed by atoms with Crippen LogP contribution in [0.3, 0.4) is 0 Å². The quantitative estimate of drug-likeness (QED) is 0.557. The van der Waals surface area contributed by atoms with E-state index in [0.29, 0.717) is 0 Å². The van der Waals surface area contributed by atoms with Crippen LogP contribution in [0.5, 0.6) is 0 Å². The molecule has 0 aromatic heterocycles. The summed E-state index contributed by atoms with van der Waals surface area (Å²) in [5.74, 6) is 0. The summed E-state index contributed by atoms with van der Waals surface area (Å²) < 4.78 is 2.45. The summed E-state index contributed by atoms with van der Waals surface area (Å²) in [6, 6.07) is 0. The fraction of sp³-hybridized carbons (Fsp3) is 1.00. The molecule has 0 saturated carbocycles. The van der Waals surface area contributed by atoms with Gasteiger partial charge in [-0.3, -0.25) is 0 Å². The highest BCUT2D eigenvalue weighted by Crippen LogP contribution is 2.06. The van der Waals surface area contributed by atoms with E-state index in [4.69, 9.17) is 0 Å². The molecule has 0 fully saturated rings. The molecule has 0 atom stereocenters. The Balaban J connectivity index is 2.19. The molecule has 0 N–H and O–H groups in total. The van der Waals surface area contributed by atoms with Crippen LogP contribution in [0, 0.1) is 0 Å². The maximum atomic E-state index is 2.35. The van der Waals surface area contributed by atoms with Gasteiger partial charge >= 0.3 is 0 Å². The second kappa shape index (κ2) is 5.81. The first-order valence-corrected chi connectivity index (χ1v) is 5.32. The van der Waals surface area contributed by atoms with Crippen molar-refractivity contribution < 1.29 is 0 Å². The number of thioether (sulfide) groups is 1. The van der Waals surface area contributed by atoms with Crippen LogP contribution in [0.15, 0.2) is 0 Å². The zero-order valence-electron chi connectivity index (χ0n) is 2.58. The van der Waals surface area contributed by atoms with Crippen molar-refractivity contribution in [2.45, 2.75) is 0 Å². The van der Waals surface area contributed by atoms with Gasteiger partial charge in [-0.05, 0) is 0 Å². The van der Waals surface area contributed by atoms with Crippen molar-refractivity contribution >= 4 is 56.9 Å². The zero-order chi connectivity index (χ0) is 4.12. The van der Waals surface area contributed by atoms with Crippen LogP contribution in [-0.2, 0) is 0 Å². The minimum Gasteiger partial charge on any atom is -0.141 e. The van der Waals surface area contributed by atoms with E-state index in [1.807, 2.05) is 11.8 Å². The minimum atomic E-state index is 1.22. The zero-order valence-corrected chi connectivity index (χ0v) is 7.71. The Morgan fingerprint density at radius 2 is 1.60 bits per heavy atom. The van der Waals surface area contributed by atoms with E-state index in [0.717, 1.165) is 0 Å². The minimum absolute atomic E-state index is 1.22. The molecule has 0 spiro atoms. The van der Waals surface area contributed by atoms with E-state index >= 15 is 0 Å². The van der Waals surface area contributed by atoms with Crippen LogP contribution in [0.4, 0.5) is 0 Å². The van der Waals surface area contributed by atoms with E-state index in [9.17, 15) is 0 Å². The molecule has 0 rings (SSSR count). The van der Waals surface area contributed by atoms with Gasteiger partial charge in [-0.2, -0.15) is 0 Å². The molecule has 0 radical (unpaired) electrons. The molecule has 0 aliphatic heterocycles. The summed E-state index contributed by atoms with van der Waals surface area (Å²) in [4.78, 5) is 0. The van der Waals surface area contributed by atoms with Gasteiger partial charge in [0.05, 0.1) is 0 Å². The van der Waals surface area contributed by atoms with Crippen LogP contribution in [0.1, 0.15) is 0 Å². The van der Waals surface area contributed by atoms with E-state index in [1.165, 1.54) is 7.52 Å². The molecule has 0 amide bonds. The first-order valence-electron chi connectivity index (χ1n) is 1.11. The van der Waals surface area contributed by atoms with Crippen LogP contribution in [0.25, 0.3) is 0 Å². The van der Waals surface area contributed by atoms with Gasteiger partial charge in [0.25, 0.3) is 0 Å². The number of halogens is 2. The first kappa shape index (κ1) is 6.81. The monoisotopic (exact) mass is 314 g/mol. The maximum absolute atomic E-state index is 2.35. The van der Waals surface area contributed by atoms with Gasteiger partial charge in [-0.25, -0.2) is 0 Å². The number of hydrogen-bond acceptors (Lipinski definition) is 1. The van der Waals surface area contributed by atoms with Crippen LogP contribution in [0.2, 0.25) is 0 Å². The van der Waals surface area contributed by atoms with Crippen molar-refractivity contribution in [1.29, 1.82) is 0 Å². The number of alkyl halides is 2. The summed E-state index contributed by atoms with van der Waals surface area (Å²) in [6.45, 7) is 0. The molecule has 0 aliphatic carbocycles. The highest BCUT2D eigenvalue weighted by atomic mass is 127. The predicted octanol–water partition coefficient (Wildman–Crippen LogP) is 2.50. The molecule has 0 saturated heterocycles. The lowest BCUT2D eigenvalue weighted by Gasteiger charge is -1.77. The molecule has 0 bridgehead atoms. The van der Waals surface area contributed by atoms with Crippen LogP contribution >= 0.6 is 56.9 Å². The third-order valence-corrected chi connectivity index (χ3v) is 3.11. The Morgan fingerprint density at radius 1 is 1.20 bits per heavy atom. The number of hydrogen-bond donors (Lipinski definition) is 0. The van der Waals surface area contributed by atoms with Crippen LogP contribution < -0.4 is 0 Å². The molecule has 0 heterocycles. The van der Waals surface area contributed by atoms with Gasteiger partial charge in [0.1, 0.15) is 0 Å². The molecular formula is C2H4I2S. The second-order valence-corrected chi connectivity index (χ2v) is 5.00. The van der Waals surface area contributed by atoms with Crippen molar-refractivity contribution in [2.24, 2.45) is 0 Å². The van der Waals surface area contributed by atoms with Crippen molar-refractivity contribution in [3.8, 4) is 0 Å². The normalized spacial score (nSPS) is 8.40. The molecule has 0 unspecified atom stereocenters. The highest BCUT2D eigenvalue weighted by Gasteiger charge is 1.70. The fourth-order valence-electron chi connectivity index (χ4n) is 0.0292. The summed E-state index contributed by atoms with van der Waals surface area (Å²) in [5, 5.41) is 0. The average Bonchev–Trinajstić information content (AvgIpc) is 1.41. The SMILES string of the molecule is ICSCI. The lowest BCUT2D eigenvalue weighted by atomic mass is 11.9. The van der Waals surface area contributed by atoms with Gasteiger partial charge < -0.3 is 0 Å². The molecule has 3 heteroatoms. The molecule has 0 aromatic rings. The van der Waals surface area contributed by atoms with Crippen molar-refractivity contribution in [3.63, 3.8) is 0 Å². The summed E-state index contributed by atoms with van der Waals surface area (Å²) in [7, 11) is 0. The third-order valence-electron chi connectivity index (χ3n) is 0.154. The molecule has 5 heavy (non-hydrogen) atoms. The van der Waals surface area contributed by atoms with E-state index in [1.54, 1.807) is 0 Å². The predicted molar refractivity (Wildman–Crippen MR) is 45.4 cm³/mol. The van der Waals surface area contributed by atoms with Gasteiger partial charge in [-0.1, -0.05) is 45.2 Å². The van der Waals surface area contributed by atoms with Crippen LogP contribution in [-0.4, -0.2) is 7.52 Å². The average molecular weight is 314 g/mol. The second-order valence-electron chi connectivity index (χ2n) is 0.422. The molecule has 0 nitrogen and oxygen atoms in total. The summed E-state index contributed by atoms with van der Waals surface area (Å²) in [6.07, 6.45) is 0. The van der Waals surface area contributed by atoms with E-state index in [-0.39, 0.29) is 0 Å². The van der Waals surface area contributed by atoms with Gasteiger partial charge in [0.2, 0.25) is 0 Å². The Morgan fingerprint density at radius 3 is 1.60 bits per heavy atom. The molecule has 0 aromatic carbocycles. The Labute approximate surface area is 63.8 Å². The first-order chi connectivity index (χ1) is 2.41. The summed E-state index contributed by atoms with van der Waals surface area (Å²) in [5.41, 5.74) is 0. The molecule has 0 aliphatic rings. The smallest absolute Gasteiger partial charge is 0.0462 e. The Bertz CT molecular complexity index is 15.1. The summed E-state index contributed by atoms with van der Waals surface area (Å²) >= 11 is 6.63. The largest absolute Gasteiger partial charge is 0.141 e. The van der Waals surface area contributed by atoms with Crippen molar-refractivity contribution in [1.82, 2.24) is 0 Å². The highest BCUT2D eigenvalue weighted by molar-refractivity contribution is 14.1. The topological polar surface area (TPSA) is 0 Å². The lowest BCUT2D eigenvalue weighted by Crippen LogP contribution is -1.53. The van der Waals surface area contributed by atoms with Gasteiger partial charge in [-0.15, -0.1) is 11.8 Å². The van der Waals surface area contributed by atoms with Crippen molar-refractivity contribution in [2.75, 3.05) is 7.52 Å². The van der Waals surface area contributed by atoms with Crippen molar-refractivity contribution in [3.05, 3.63) is 0 Å². The van der Waals surface area contributed by atoms with E-state index in [2.05, 4.69) is 45.2 Å². The van der Waals surface area contributed by atoms with Gasteiger partial charge in [0, 0.05) is 7.52 Å². The number of rotatable bonds is 2. The standard InChI is InChI=1S/C2H4I2S/c3-1-5-2-4/h1-2H2. The van der Waals surface area contributed by atoms with E-state index < -0.39 is 0 Å².